The van der Waals surface area contributed by atoms with Crippen LogP contribution in [-0.4, -0.2) is 123 Å². The van der Waals surface area contributed by atoms with Crippen LogP contribution in [0.4, 0.5) is 0 Å². The van der Waals surface area contributed by atoms with Crippen LogP contribution in [0.2, 0.25) is 0 Å². The van der Waals surface area contributed by atoms with E-state index in [-0.39, 0.29) is 4.46 Å². The molecular formula is C3H17B4LiO14. The van der Waals surface area contributed by atoms with Gasteiger partial charge in [0.15, 0.2) is 0 Å². The molecule has 14 nitrogen and oxygen atoms in total. The zero-order valence-electron chi connectivity index (χ0n) is 11.6. The third kappa shape index (κ3) is 450. The molecule has 0 saturated heterocycles. The Kier molecular flexibility index (Phi) is 39.6. The van der Waals surface area contributed by atoms with E-state index in [1.807, 2.05) is 0 Å². The minimum absolute atomic E-state index is 0.185. The van der Waals surface area contributed by atoms with Crippen molar-refractivity contribution in [3.8, 4) is 0 Å². The van der Waals surface area contributed by atoms with Crippen molar-refractivity contribution in [2.75, 3.05) is 0 Å². The summed E-state index contributed by atoms with van der Waals surface area (Å²) in [6, 6.07) is 0. The first-order chi connectivity index (χ1) is 9.57. The second-order valence-corrected chi connectivity index (χ2v) is 2.67. The van der Waals surface area contributed by atoms with E-state index in [1.54, 1.807) is 0 Å². The number of hydrogen-bond acceptors (Lipinski definition) is 14. The standard InChI is InChI=1S/C3H5O2.4BH3O3.Li/c1-3(5)2-4;4*2-1(3)4;/h3,5H,1H3;4*2-4H;. The summed E-state index contributed by atoms with van der Waals surface area (Å²) in [5.41, 5.74) is 0. The fourth-order valence-electron chi connectivity index (χ4n) is 0. The average molecular weight is 327 g/mol. The molecule has 19 heteroatoms. The van der Waals surface area contributed by atoms with Gasteiger partial charge in [0.05, 0.1) is 0 Å². The average Bonchev–Trinajstić information content (AvgIpc) is 2.12. The summed E-state index contributed by atoms with van der Waals surface area (Å²) >= 11 is 1.35. The van der Waals surface area contributed by atoms with Gasteiger partial charge in [-0.1, -0.05) is 0 Å². The Bertz CT molecular complexity index is 168. The summed E-state index contributed by atoms with van der Waals surface area (Å²) in [6.07, 6.45) is -0.787. The number of aliphatic hydroxyl groups excluding tert-OH is 1. The van der Waals surface area contributed by atoms with Gasteiger partial charge in [0.2, 0.25) is 0 Å². The van der Waals surface area contributed by atoms with Crippen LogP contribution in [0.3, 0.4) is 0 Å². The van der Waals surface area contributed by atoms with Crippen LogP contribution in [0.25, 0.3) is 0 Å². The van der Waals surface area contributed by atoms with E-state index < -0.39 is 35.4 Å². The first-order valence-electron chi connectivity index (χ1n) is 4.93. The van der Waals surface area contributed by atoms with Crippen molar-refractivity contribution in [3.63, 3.8) is 0 Å². The summed E-state index contributed by atoms with van der Waals surface area (Å²) in [4.78, 5) is 9.89. The molecule has 0 radical (unpaired) electrons. The van der Waals surface area contributed by atoms with E-state index in [1.165, 1.54) is 24.6 Å². The Labute approximate surface area is 135 Å². The minimum atomic E-state index is -2.17. The van der Waals surface area contributed by atoms with E-state index >= 15 is 0 Å². The molecular weight excluding hydrogens is 310 g/mol. The van der Waals surface area contributed by atoms with Crippen molar-refractivity contribution < 1.29 is 70.2 Å². The molecule has 0 fully saturated rings. The predicted octanol–water partition coefficient (Wildman–Crippen LogP) is -9.14. The second kappa shape index (κ2) is 25.9. The molecule has 0 bridgehead atoms. The molecule has 0 aliphatic carbocycles. The first kappa shape index (κ1) is 33.6. The van der Waals surface area contributed by atoms with Crippen molar-refractivity contribution in [2.24, 2.45) is 0 Å². The molecule has 126 valence electrons. The van der Waals surface area contributed by atoms with Gasteiger partial charge in [-0.25, -0.2) is 0 Å². The monoisotopic (exact) mass is 328 g/mol. The van der Waals surface area contributed by atoms with Crippen LogP contribution >= 0.6 is 0 Å². The van der Waals surface area contributed by atoms with Gasteiger partial charge >= 0.3 is 74.4 Å². The molecule has 0 amide bonds. The maximum atomic E-state index is 9.89. The van der Waals surface area contributed by atoms with Gasteiger partial charge in [-0.3, -0.25) is 0 Å². The molecule has 0 aromatic carbocycles. The Morgan fingerprint density at radius 2 is 0.727 bits per heavy atom. The Balaban J connectivity index is -0.0000000555. The fourth-order valence-corrected chi connectivity index (χ4v) is 0. The van der Waals surface area contributed by atoms with Crippen molar-refractivity contribution in [3.05, 3.63) is 0 Å². The summed E-state index contributed by atoms with van der Waals surface area (Å²) in [7, 11) is -8.67. The van der Waals surface area contributed by atoms with Gasteiger partial charge in [0, 0.05) is 0 Å². The zero-order valence-corrected chi connectivity index (χ0v) is 11.6. The van der Waals surface area contributed by atoms with E-state index in [4.69, 9.17) is 65.4 Å². The quantitative estimate of drug-likeness (QED) is 0.199. The van der Waals surface area contributed by atoms with Gasteiger partial charge in [0.1, 0.15) is 0 Å². The number of carbonyl (C=O) groups is 1. The molecule has 22 heavy (non-hydrogen) atoms. The third-order valence-corrected chi connectivity index (χ3v) is 0.588. The molecule has 0 rings (SSSR count). The summed E-state index contributed by atoms with van der Waals surface area (Å²) in [5, 5.41) is 94.3. The van der Waals surface area contributed by atoms with Gasteiger partial charge in [-0.05, 0) is 0 Å². The topological polar surface area (TPSA) is 280 Å². The summed E-state index contributed by atoms with van der Waals surface area (Å²) in [5.74, 6) is 0. The van der Waals surface area contributed by atoms with Crippen molar-refractivity contribution >= 4 is 51.5 Å². The Hall–Kier alpha value is 0.00714. The number of rotatable bonds is 1. The normalized spacial score (nSPS) is 8.73. The first-order valence-corrected chi connectivity index (χ1v) is 4.93. The molecule has 1 atom stereocenters. The van der Waals surface area contributed by atoms with Crippen molar-refractivity contribution in [1.29, 1.82) is 0 Å². The molecule has 0 aliphatic heterocycles. The Morgan fingerprint density at radius 1 is 0.682 bits per heavy atom. The molecule has 0 aromatic rings. The fraction of sp³-hybridized carbons (Fsp3) is 0.667. The number of carbonyl (C=O) groups excluding carboxylic acids is 1. The molecule has 0 aliphatic rings. The molecule has 0 heterocycles. The van der Waals surface area contributed by atoms with Crippen molar-refractivity contribution in [2.45, 2.75) is 13.0 Å². The molecule has 13 N–H and O–H groups in total. The van der Waals surface area contributed by atoms with E-state index in [2.05, 4.69) is 0 Å². The van der Waals surface area contributed by atoms with Crippen molar-refractivity contribution in [1.82, 2.24) is 0 Å². The number of hydrogen-bond donors (Lipinski definition) is 13. The molecule has 0 aromatic heterocycles. The van der Waals surface area contributed by atoms with Gasteiger partial charge in [-0.15, -0.1) is 0 Å². The van der Waals surface area contributed by atoms with Crippen LogP contribution in [0, 0.1) is 0 Å². The van der Waals surface area contributed by atoms with Gasteiger partial charge < -0.3 is 60.3 Å². The van der Waals surface area contributed by atoms with Gasteiger partial charge in [-0.2, -0.15) is 0 Å². The maximum absolute atomic E-state index is 9.89. The van der Waals surface area contributed by atoms with Crippen LogP contribution in [0.1, 0.15) is 6.92 Å². The van der Waals surface area contributed by atoms with Gasteiger partial charge in [0.25, 0.3) is 0 Å². The molecule has 0 saturated carbocycles. The van der Waals surface area contributed by atoms with E-state index in [0.717, 1.165) is 0 Å². The predicted molar refractivity (Wildman–Crippen MR) is 72.1 cm³/mol. The van der Waals surface area contributed by atoms with Crippen LogP contribution in [0.15, 0.2) is 0 Å². The molecule has 1 unspecified atom stereocenters. The SMILES string of the molecule is OB(O)O.OB(O)O.OB(O)O.OB(O)O.[Li][C](=O)C(C)O. The second-order valence-electron chi connectivity index (χ2n) is 2.67. The molecule has 0 spiro atoms. The summed E-state index contributed by atoms with van der Waals surface area (Å²) in [6.45, 7) is 1.45. The number of aliphatic hydroxyl groups is 1. The third-order valence-electron chi connectivity index (χ3n) is 0.588. The Morgan fingerprint density at radius 3 is 0.727 bits per heavy atom. The van der Waals surface area contributed by atoms with E-state index in [0.29, 0.717) is 0 Å². The van der Waals surface area contributed by atoms with Crippen LogP contribution in [0.5, 0.6) is 0 Å². The van der Waals surface area contributed by atoms with Crippen LogP contribution in [-0.2, 0) is 4.79 Å². The zero-order chi connectivity index (χ0) is 19.5. The van der Waals surface area contributed by atoms with Crippen LogP contribution < -0.4 is 0 Å². The summed E-state index contributed by atoms with van der Waals surface area (Å²) < 4.78 is -0.185. The van der Waals surface area contributed by atoms with E-state index in [9.17, 15) is 4.79 Å².